The van der Waals surface area contributed by atoms with E-state index in [-0.39, 0.29) is 11.9 Å². The van der Waals surface area contributed by atoms with Crippen molar-refractivity contribution in [3.05, 3.63) is 60.8 Å². The zero-order valence-corrected chi connectivity index (χ0v) is 15.1. The quantitative estimate of drug-likeness (QED) is 0.761. The van der Waals surface area contributed by atoms with Crippen molar-refractivity contribution in [2.75, 3.05) is 19.6 Å². The van der Waals surface area contributed by atoms with Crippen molar-refractivity contribution in [3.8, 4) is 22.5 Å². The monoisotopic (exact) mass is 362 g/mol. The number of nitrogens with one attached hydrogen (secondary N) is 1. The number of carbonyl (C=O) groups is 1. The topological polar surface area (TPSA) is 58.6 Å². The number of rotatable bonds is 4. The van der Waals surface area contributed by atoms with Crippen LogP contribution in [0, 0.1) is 5.92 Å². The van der Waals surface area contributed by atoms with Gasteiger partial charge in [-0.2, -0.15) is 0 Å². The smallest absolute Gasteiger partial charge is 0.287 e. The molecule has 0 aliphatic carbocycles. The number of fused-ring (bicyclic) bond motifs is 3. The number of hydrogen-bond donors (Lipinski definition) is 1. The van der Waals surface area contributed by atoms with Crippen molar-refractivity contribution < 1.29 is 13.6 Å². The standard InChI is InChI=1S/C22H22N2O3/c25-22(23-19-13-24-10-7-16(19)8-11-24)21-6-5-20(27-21)17-3-1-15(2-4-17)18-9-12-26-14-18/h1-6,9,12,14,16,19H,7-8,10-11,13H2,(H,23,25). The molecular weight excluding hydrogens is 340 g/mol. The Hall–Kier alpha value is -2.79. The lowest BCUT2D eigenvalue weighted by Gasteiger charge is -2.44. The van der Waals surface area contributed by atoms with Crippen LogP contribution in [-0.2, 0) is 0 Å². The summed E-state index contributed by atoms with van der Waals surface area (Å²) in [6.45, 7) is 3.28. The molecule has 3 aliphatic rings. The lowest BCUT2D eigenvalue weighted by Crippen LogP contribution is -2.57. The zero-order chi connectivity index (χ0) is 18.2. The van der Waals surface area contributed by atoms with Crippen molar-refractivity contribution in [1.82, 2.24) is 10.2 Å². The summed E-state index contributed by atoms with van der Waals surface area (Å²) in [7, 11) is 0. The summed E-state index contributed by atoms with van der Waals surface area (Å²) in [5.74, 6) is 1.56. The van der Waals surface area contributed by atoms with E-state index >= 15 is 0 Å². The normalized spacial score (nSPS) is 24.1. The van der Waals surface area contributed by atoms with Gasteiger partial charge in [-0.1, -0.05) is 24.3 Å². The highest BCUT2D eigenvalue weighted by molar-refractivity contribution is 5.92. The van der Waals surface area contributed by atoms with Crippen molar-refractivity contribution >= 4 is 5.91 Å². The summed E-state index contributed by atoms with van der Waals surface area (Å²) in [6.07, 6.45) is 5.74. The Morgan fingerprint density at radius 1 is 0.963 bits per heavy atom. The highest BCUT2D eigenvalue weighted by atomic mass is 16.4. The molecule has 3 aromatic rings. The Balaban J connectivity index is 1.28. The molecule has 3 saturated heterocycles. The number of nitrogens with zero attached hydrogens (tertiary/aromatic N) is 1. The van der Waals surface area contributed by atoms with Gasteiger partial charge in [-0.3, -0.25) is 4.79 Å². The first-order chi connectivity index (χ1) is 13.3. The fourth-order valence-corrected chi connectivity index (χ4v) is 4.24. The maximum absolute atomic E-state index is 12.6. The average Bonchev–Trinajstić information content (AvgIpc) is 3.41. The molecule has 1 amide bonds. The number of piperidine rings is 3. The lowest BCUT2D eigenvalue weighted by atomic mass is 9.84. The van der Waals surface area contributed by atoms with Crippen LogP contribution in [0.15, 0.2) is 63.8 Å². The molecule has 1 N–H and O–H groups in total. The molecule has 5 nitrogen and oxygen atoms in total. The molecule has 0 spiro atoms. The van der Waals surface area contributed by atoms with Gasteiger partial charge in [-0.05, 0) is 55.6 Å². The summed E-state index contributed by atoms with van der Waals surface area (Å²) in [5, 5.41) is 3.17. The molecular formula is C22H22N2O3. The largest absolute Gasteiger partial charge is 0.472 e. The Kier molecular flexibility index (Phi) is 4.09. The molecule has 5 heteroatoms. The predicted molar refractivity (Wildman–Crippen MR) is 102 cm³/mol. The SMILES string of the molecule is O=C(NC1CN2CCC1CC2)c1ccc(-c2ccc(-c3ccoc3)cc2)o1. The van der Waals surface area contributed by atoms with E-state index in [0.717, 1.165) is 36.3 Å². The minimum absolute atomic E-state index is 0.116. The van der Waals surface area contributed by atoms with Crippen molar-refractivity contribution in [3.63, 3.8) is 0 Å². The molecule has 1 atom stereocenters. The van der Waals surface area contributed by atoms with Gasteiger partial charge in [0.15, 0.2) is 5.76 Å². The summed E-state index contributed by atoms with van der Waals surface area (Å²) in [5.41, 5.74) is 3.07. The van der Waals surface area contributed by atoms with E-state index in [0.29, 0.717) is 17.4 Å². The van der Waals surface area contributed by atoms with Crippen LogP contribution in [0.2, 0.25) is 0 Å². The molecule has 0 radical (unpaired) electrons. The third-order valence-corrected chi connectivity index (χ3v) is 5.83. The van der Waals surface area contributed by atoms with Crippen LogP contribution < -0.4 is 5.32 Å². The molecule has 2 aromatic heterocycles. The van der Waals surface area contributed by atoms with Gasteiger partial charge >= 0.3 is 0 Å². The first-order valence-corrected chi connectivity index (χ1v) is 9.52. The minimum Gasteiger partial charge on any atom is -0.472 e. The average molecular weight is 362 g/mol. The van der Waals surface area contributed by atoms with Crippen molar-refractivity contribution in [2.24, 2.45) is 5.92 Å². The molecule has 3 aliphatic heterocycles. The Morgan fingerprint density at radius 2 is 1.74 bits per heavy atom. The van der Waals surface area contributed by atoms with Gasteiger partial charge in [0.2, 0.25) is 0 Å². The molecule has 0 saturated carbocycles. The summed E-state index contributed by atoms with van der Waals surface area (Å²) in [4.78, 5) is 15.0. The fraction of sp³-hybridized carbons (Fsp3) is 0.318. The Morgan fingerprint density at radius 3 is 2.41 bits per heavy atom. The summed E-state index contributed by atoms with van der Waals surface area (Å²) >= 11 is 0. The van der Waals surface area contributed by atoms with Gasteiger partial charge in [0.25, 0.3) is 5.91 Å². The molecule has 2 bridgehead atoms. The lowest BCUT2D eigenvalue weighted by molar-refractivity contribution is 0.0606. The highest BCUT2D eigenvalue weighted by Crippen LogP contribution is 2.29. The molecule has 5 heterocycles. The van der Waals surface area contributed by atoms with E-state index in [1.165, 1.54) is 12.8 Å². The van der Waals surface area contributed by atoms with Crippen LogP contribution in [0.4, 0.5) is 0 Å². The Bertz CT molecular complexity index is 919. The van der Waals surface area contributed by atoms with E-state index in [9.17, 15) is 4.79 Å². The van der Waals surface area contributed by atoms with Crippen LogP contribution in [-0.4, -0.2) is 36.5 Å². The predicted octanol–water partition coefficient (Wildman–Crippen LogP) is 4.03. The van der Waals surface area contributed by atoms with Crippen molar-refractivity contribution in [1.29, 1.82) is 0 Å². The highest BCUT2D eigenvalue weighted by Gasteiger charge is 2.35. The summed E-state index contributed by atoms with van der Waals surface area (Å²) < 4.78 is 11.0. The third-order valence-electron chi connectivity index (χ3n) is 5.83. The maximum Gasteiger partial charge on any atom is 0.287 e. The summed E-state index contributed by atoms with van der Waals surface area (Å²) in [6, 6.07) is 13.8. The molecule has 27 heavy (non-hydrogen) atoms. The van der Waals surface area contributed by atoms with E-state index in [2.05, 4.69) is 10.2 Å². The Labute approximate surface area is 158 Å². The van der Waals surface area contributed by atoms with Crippen LogP contribution in [0.1, 0.15) is 23.4 Å². The fourth-order valence-electron chi connectivity index (χ4n) is 4.24. The van der Waals surface area contributed by atoms with Crippen molar-refractivity contribution in [2.45, 2.75) is 18.9 Å². The van der Waals surface area contributed by atoms with E-state index in [4.69, 9.17) is 8.83 Å². The first-order valence-electron chi connectivity index (χ1n) is 9.52. The minimum atomic E-state index is -0.116. The van der Waals surface area contributed by atoms with Gasteiger partial charge in [0.1, 0.15) is 5.76 Å². The molecule has 3 fully saturated rings. The number of hydrogen-bond acceptors (Lipinski definition) is 4. The zero-order valence-electron chi connectivity index (χ0n) is 15.1. The van der Waals surface area contributed by atoms with Crippen LogP contribution in [0.5, 0.6) is 0 Å². The van der Waals surface area contributed by atoms with Crippen LogP contribution in [0.25, 0.3) is 22.5 Å². The van der Waals surface area contributed by atoms with E-state index < -0.39 is 0 Å². The van der Waals surface area contributed by atoms with Gasteiger partial charge in [0, 0.05) is 23.7 Å². The second-order valence-corrected chi connectivity index (χ2v) is 7.47. The number of benzene rings is 1. The van der Waals surface area contributed by atoms with Gasteiger partial charge < -0.3 is 19.1 Å². The maximum atomic E-state index is 12.6. The van der Waals surface area contributed by atoms with Gasteiger partial charge in [-0.15, -0.1) is 0 Å². The first kappa shape index (κ1) is 16.4. The molecule has 1 unspecified atom stereocenters. The number of amides is 1. The van der Waals surface area contributed by atoms with E-state index in [1.54, 1.807) is 18.6 Å². The van der Waals surface area contributed by atoms with Crippen LogP contribution in [0.3, 0.4) is 0 Å². The number of furan rings is 2. The second kappa shape index (κ2) is 6.74. The molecule has 1 aromatic carbocycles. The molecule has 138 valence electrons. The molecule has 6 rings (SSSR count). The van der Waals surface area contributed by atoms with Gasteiger partial charge in [0.05, 0.1) is 12.5 Å². The van der Waals surface area contributed by atoms with Crippen LogP contribution >= 0.6 is 0 Å². The van der Waals surface area contributed by atoms with Gasteiger partial charge in [-0.25, -0.2) is 0 Å². The number of carbonyl (C=O) groups excluding carboxylic acids is 1. The van der Waals surface area contributed by atoms with E-state index in [1.807, 2.05) is 36.4 Å². The third kappa shape index (κ3) is 3.19. The second-order valence-electron chi connectivity index (χ2n) is 7.47.